The Morgan fingerprint density at radius 2 is 2.12 bits per heavy atom. The van der Waals surface area contributed by atoms with Gasteiger partial charge in [0.05, 0.1) is 6.54 Å². The molecule has 2 unspecified atom stereocenters. The lowest BCUT2D eigenvalue weighted by Crippen LogP contribution is -2.52. The molecule has 0 spiro atoms. The van der Waals surface area contributed by atoms with E-state index in [-0.39, 0.29) is 12.6 Å². The Labute approximate surface area is 95.9 Å². The predicted octanol–water partition coefficient (Wildman–Crippen LogP) is 1.68. The number of hydrogen-bond acceptors (Lipinski definition) is 3. The van der Waals surface area contributed by atoms with Gasteiger partial charge in [-0.05, 0) is 33.6 Å². The number of carbonyl (C=O) groups is 1. The summed E-state index contributed by atoms with van der Waals surface area (Å²) < 4.78 is 18.5. The summed E-state index contributed by atoms with van der Waals surface area (Å²) in [6.07, 6.45) is -0.349. The number of hydrogen-bond donors (Lipinski definition) is 1. The smallest absolute Gasteiger partial charge is 0.410 e. The molecule has 1 amide bonds. The lowest BCUT2D eigenvalue weighted by molar-refractivity contribution is 0.000677. The van der Waals surface area contributed by atoms with E-state index < -0.39 is 17.9 Å². The Bertz CT molecular complexity index is 253. The molecule has 0 aromatic heterocycles. The van der Waals surface area contributed by atoms with Crippen LogP contribution in [0.3, 0.4) is 0 Å². The van der Waals surface area contributed by atoms with Crippen LogP contribution in [0, 0.1) is 0 Å². The molecule has 2 atom stereocenters. The molecule has 2 N–H and O–H groups in total. The molecular weight excluding hydrogens is 211 g/mol. The highest BCUT2D eigenvalue weighted by molar-refractivity contribution is 5.68. The minimum Gasteiger partial charge on any atom is -0.444 e. The van der Waals surface area contributed by atoms with E-state index in [2.05, 4.69) is 0 Å². The summed E-state index contributed by atoms with van der Waals surface area (Å²) in [4.78, 5) is 13.2. The first-order chi connectivity index (χ1) is 7.33. The van der Waals surface area contributed by atoms with E-state index in [1.807, 2.05) is 0 Å². The molecule has 1 heterocycles. The molecule has 5 heteroatoms. The maximum Gasteiger partial charge on any atom is 0.410 e. The van der Waals surface area contributed by atoms with E-state index >= 15 is 0 Å². The Morgan fingerprint density at radius 3 is 2.62 bits per heavy atom. The molecule has 0 radical (unpaired) electrons. The van der Waals surface area contributed by atoms with Crippen LogP contribution in [0.4, 0.5) is 9.18 Å². The highest BCUT2D eigenvalue weighted by Gasteiger charge is 2.33. The molecular formula is C11H21FN2O2. The van der Waals surface area contributed by atoms with Gasteiger partial charge in [0.2, 0.25) is 0 Å². The van der Waals surface area contributed by atoms with Crippen molar-refractivity contribution in [3.05, 3.63) is 0 Å². The van der Waals surface area contributed by atoms with Crippen LogP contribution in [-0.2, 0) is 4.74 Å². The zero-order valence-corrected chi connectivity index (χ0v) is 10.2. The van der Waals surface area contributed by atoms with Crippen molar-refractivity contribution in [3.63, 3.8) is 0 Å². The standard InChI is InChI=1S/C11H21FN2O2/c1-11(2,3)16-10(15)14-7-8(12)4-5-9(14)6-13/h8-9H,4-7,13H2,1-3H3. The van der Waals surface area contributed by atoms with Crippen LogP contribution in [0.5, 0.6) is 0 Å². The first-order valence-corrected chi connectivity index (χ1v) is 5.67. The number of nitrogens with zero attached hydrogens (tertiary/aromatic N) is 1. The highest BCUT2D eigenvalue weighted by atomic mass is 19.1. The Balaban J connectivity index is 2.63. The van der Waals surface area contributed by atoms with E-state index in [9.17, 15) is 9.18 Å². The average molecular weight is 232 g/mol. The van der Waals surface area contributed by atoms with Gasteiger partial charge in [-0.3, -0.25) is 0 Å². The van der Waals surface area contributed by atoms with Crippen LogP contribution in [0.25, 0.3) is 0 Å². The number of ether oxygens (including phenoxy) is 1. The SMILES string of the molecule is CC(C)(C)OC(=O)N1CC(F)CCC1CN. The molecule has 1 saturated heterocycles. The molecule has 16 heavy (non-hydrogen) atoms. The number of carbonyl (C=O) groups excluding carboxylic acids is 1. The zero-order chi connectivity index (χ0) is 12.3. The predicted molar refractivity (Wildman–Crippen MR) is 59.9 cm³/mol. The number of likely N-dealkylation sites (tertiary alicyclic amines) is 1. The van der Waals surface area contributed by atoms with Crippen molar-refractivity contribution in [1.82, 2.24) is 4.90 Å². The van der Waals surface area contributed by atoms with Crippen molar-refractivity contribution < 1.29 is 13.9 Å². The molecule has 0 aromatic rings. The maximum absolute atomic E-state index is 13.2. The number of halogens is 1. The van der Waals surface area contributed by atoms with Crippen molar-refractivity contribution >= 4 is 6.09 Å². The van der Waals surface area contributed by atoms with Gasteiger partial charge in [-0.2, -0.15) is 0 Å². The molecule has 0 aromatic carbocycles. The lowest BCUT2D eigenvalue weighted by Gasteiger charge is -2.37. The van der Waals surface area contributed by atoms with E-state index in [1.165, 1.54) is 4.90 Å². The summed E-state index contributed by atoms with van der Waals surface area (Å²) >= 11 is 0. The van der Waals surface area contributed by atoms with Gasteiger partial charge in [0.1, 0.15) is 11.8 Å². The third kappa shape index (κ3) is 3.63. The second-order valence-corrected chi connectivity index (χ2v) is 5.20. The molecule has 0 saturated carbocycles. The minimum atomic E-state index is -0.963. The summed E-state index contributed by atoms with van der Waals surface area (Å²) in [5.74, 6) is 0. The van der Waals surface area contributed by atoms with Gasteiger partial charge in [-0.15, -0.1) is 0 Å². The van der Waals surface area contributed by atoms with Crippen molar-refractivity contribution in [3.8, 4) is 0 Å². The molecule has 4 nitrogen and oxygen atoms in total. The van der Waals surface area contributed by atoms with E-state index in [0.29, 0.717) is 19.4 Å². The van der Waals surface area contributed by atoms with Crippen molar-refractivity contribution in [2.24, 2.45) is 5.73 Å². The number of rotatable bonds is 1. The minimum absolute atomic E-state index is 0.0940. The third-order valence-corrected chi connectivity index (χ3v) is 2.55. The van der Waals surface area contributed by atoms with Crippen LogP contribution < -0.4 is 5.73 Å². The number of amides is 1. The summed E-state index contributed by atoms with van der Waals surface area (Å²) in [5, 5.41) is 0. The van der Waals surface area contributed by atoms with Crippen LogP contribution in [0.2, 0.25) is 0 Å². The van der Waals surface area contributed by atoms with Crippen molar-refractivity contribution in [1.29, 1.82) is 0 Å². The number of piperidine rings is 1. The van der Waals surface area contributed by atoms with Gasteiger partial charge in [-0.25, -0.2) is 9.18 Å². The Kier molecular flexibility index (Phi) is 4.13. The maximum atomic E-state index is 13.2. The quantitative estimate of drug-likeness (QED) is 0.748. The van der Waals surface area contributed by atoms with Crippen LogP contribution in [0.15, 0.2) is 0 Å². The number of alkyl halides is 1. The fraction of sp³-hybridized carbons (Fsp3) is 0.909. The first-order valence-electron chi connectivity index (χ1n) is 5.67. The molecule has 1 fully saturated rings. The van der Waals surface area contributed by atoms with Gasteiger partial charge in [0, 0.05) is 12.6 Å². The normalized spacial score (nSPS) is 26.7. The highest BCUT2D eigenvalue weighted by Crippen LogP contribution is 2.21. The van der Waals surface area contributed by atoms with Gasteiger partial charge in [-0.1, -0.05) is 0 Å². The Hall–Kier alpha value is -0.840. The molecule has 0 bridgehead atoms. The number of nitrogens with two attached hydrogens (primary N) is 1. The summed E-state index contributed by atoms with van der Waals surface area (Å²) in [6, 6.07) is -0.0955. The summed E-state index contributed by atoms with van der Waals surface area (Å²) in [7, 11) is 0. The molecule has 0 aliphatic carbocycles. The topological polar surface area (TPSA) is 55.6 Å². The first kappa shape index (κ1) is 13.2. The van der Waals surface area contributed by atoms with Crippen molar-refractivity contribution in [2.75, 3.05) is 13.1 Å². The molecule has 94 valence electrons. The Morgan fingerprint density at radius 1 is 1.50 bits per heavy atom. The summed E-state index contributed by atoms with van der Waals surface area (Å²) in [5.41, 5.74) is 5.01. The zero-order valence-electron chi connectivity index (χ0n) is 10.2. The summed E-state index contributed by atoms with van der Waals surface area (Å²) in [6.45, 7) is 5.82. The molecule has 1 aliphatic rings. The second-order valence-electron chi connectivity index (χ2n) is 5.20. The largest absolute Gasteiger partial charge is 0.444 e. The van der Waals surface area contributed by atoms with E-state index in [0.717, 1.165) is 0 Å². The molecule has 1 aliphatic heterocycles. The van der Waals surface area contributed by atoms with Gasteiger partial charge in [0.15, 0.2) is 0 Å². The van der Waals surface area contributed by atoms with Crippen LogP contribution >= 0.6 is 0 Å². The van der Waals surface area contributed by atoms with E-state index in [1.54, 1.807) is 20.8 Å². The average Bonchev–Trinajstić information content (AvgIpc) is 2.15. The van der Waals surface area contributed by atoms with Gasteiger partial charge in [0.25, 0.3) is 0 Å². The third-order valence-electron chi connectivity index (χ3n) is 2.55. The van der Waals surface area contributed by atoms with Gasteiger partial charge < -0.3 is 15.4 Å². The van der Waals surface area contributed by atoms with Crippen LogP contribution in [0.1, 0.15) is 33.6 Å². The fourth-order valence-corrected chi connectivity index (χ4v) is 1.77. The van der Waals surface area contributed by atoms with Crippen molar-refractivity contribution in [2.45, 2.75) is 51.4 Å². The fourth-order valence-electron chi connectivity index (χ4n) is 1.77. The van der Waals surface area contributed by atoms with E-state index in [4.69, 9.17) is 10.5 Å². The van der Waals surface area contributed by atoms with Gasteiger partial charge >= 0.3 is 6.09 Å². The van der Waals surface area contributed by atoms with Crippen LogP contribution in [-0.4, -0.2) is 41.9 Å². The molecule has 1 rings (SSSR count). The second kappa shape index (κ2) is 4.99. The monoisotopic (exact) mass is 232 g/mol. The lowest BCUT2D eigenvalue weighted by atomic mass is 10.0.